The van der Waals surface area contributed by atoms with Gasteiger partial charge in [-0.15, -0.1) is 0 Å². The molecule has 0 rings (SSSR count). The van der Waals surface area contributed by atoms with E-state index in [1.807, 2.05) is 0 Å². The second kappa shape index (κ2) is 45.6. The molecule has 0 atom stereocenters. The maximum absolute atomic E-state index is 10.2. The molecule has 0 aromatic heterocycles. The Labute approximate surface area is 288 Å². The van der Waals surface area contributed by atoms with E-state index in [1.54, 1.807) is 0 Å². The normalized spacial score (nSPS) is 10.3. The van der Waals surface area contributed by atoms with Crippen LogP contribution >= 0.6 is 0 Å². The van der Waals surface area contributed by atoms with Gasteiger partial charge in [0.1, 0.15) is 0 Å². The third-order valence-electron chi connectivity index (χ3n) is 7.97. The second-order valence-corrected chi connectivity index (χ2v) is 12.1. The fourth-order valence-corrected chi connectivity index (χ4v) is 5.28. The molecule has 0 saturated carbocycles. The molecule has 6 heteroatoms. The van der Waals surface area contributed by atoms with E-state index in [9.17, 15) is 19.8 Å². The number of aliphatic carboxylic acids is 2. The minimum atomic E-state index is -0.903. The van der Waals surface area contributed by atoms with E-state index in [4.69, 9.17) is 0 Å². The molecule has 0 heterocycles. The van der Waals surface area contributed by atoms with Gasteiger partial charge in [-0.1, -0.05) is 194 Å². The van der Waals surface area contributed by atoms with E-state index < -0.39 is 11.9 Å². The summed E-state index contributed by atoms with van der Waals surface area (Å²) in [7, 11) is 0. The predicted molar refractivity (Wildman–Crippen MR) is 169 cm³/mol. The van der Waals surface area contributed by atoms with Crippen molar-refractivity contribution in [2.24, 2.45) is 0 Å². The van der Waals surface area contributed by atoms with Crippen LogP contribution in [0.5, 0.6) is 0 Å². The van der Waals surface area contributed by atoms with Gasteiger partial charge in [0, 0.05) is 11.9 Å². The van der Waals surface area contributed by atoms with Crippen LogP contribution in [0.2, 0.25) is 0 Å². The number of hydrogen-bond donors (Lipinski definition) is 0. The largest absolute Gasteiger partial charge is 2.00 e. The first-order valence-electron chi connectivity index (χ1n) is 17.9. The Kier molecular flexibility index (Phi) is 53.2. The number of hydrogen-bond acceptors (Lipinski definition) is 4. The van der Waals surface area contributed by atoms with E-state index in [0.717, 1.165) is 25.7 Å². The molecular formula is C36H70LiO4Zn+. The molecule has 0 aliphatic heterocycles. The molecule has 0 saturated heterocycles. The van der Waals surface area contributed by atoms with Crippen LogP contribution in [0.1, 0.15) is 219 Å². The third-order valence-corrected chi connectivity index (χ3v) is 7.97. The van der Waals surface area contributed by atoms with Crippen LogP contribution < -0.4 is 29.1 Å². The van der Waals surface area contributed by atoms with Crippen LogP contribution in [-0.4, -0.2) is 11.9 Å². The molecule has 4 nitrogen and oxygen atoms in total. The third kappa shape index (κ3) is 52.8. The number of unbranched alkanes of at least 4 members (excludes halogenated alkanes) is 28. The minimum Gasteiger partial charge on any atom is -0.550 e. The Bertz CT molecular complexity index is 461. The smallest absolute Gasteiger partial charge is 0.550 e. The molecule has 0 aromatic carbocycles. The van der Waals surface area contributed by atoms with Gasteiger partial charge in [0.25, 0.3) is 0 Å². The molecule has 0 aliphatic carbocycles. The molecule has 0 radical (unpaired) electrons. The van der Waals surface area contributed by atoms with Crippen molar-refractivity contribution in [3.8, 4) is 0 Å². The molecule has 240 valence electrons. The van der Waals surface area contributed by atoms with Gasteiger partial charge in [-0.05, 0) is 25.7 Å². The van der Waals surface area contributed by atoms with Crippen LogP contribution in [0.25, 0.3) is 0 Å². The summed E-state index contributed by atoms with van der Waals surface area (Å²) in [4.78, 5) is 20.4. The number of carbonyl (C=O) groups excluding carboxylic acids is 2. The monoisotopic (exact) mass is 637 g/mol. The average molecular weight is 639 g/mol. The zero-order valence-electron chi connectivity index (χ0n) is 29.0. The SMILES string of the molecule is CCCCCCCCCCCCCCCCCC(=O)[O-].CCCCCCCCCCCCCCCCCC(=O)[O-].[Li+].[Zn+2]. The molecule has 0 spiro atoms. The minimum absolute atomic E-state index is 0. The van der Waals surface area contributed by atoms with Gasteiger partial charge in [0.05, 0.1) is 0 Å². The summed E-state index contributed by atoms with van der Waals surface area (Å²) in [5.74, 6) is -1.81. The Hall–Kier alpha value is 0.161. The van der Waals surface area contributed by atoms with Crippen LogP contribution in [0.4, 0.5) is 0 Å². The zero-order chi connectivity index (χ0) is 29.8. The Morgan fingerprint density at radius 3 is 0.619 bits per heavy atom. The number of rotatable bonds is 32. The number of carboxylic acid groups (broad SMARTS) is 2. The molecule has 0 N–H and O–H groups in total. The van der Waals surface area contributed by atoms with E-state index >= 15 is 0 Å². The first-order valence-corrected chi connectivity index (χ1v) is 17.9. The molecule has 0 aromatic rings. The summed E-state index contributed by atoms with van der Waals surface area (Å²) in [6.07, 6.45) is 39.7. The van der Waals surface area contributed by atoms with Crippen LogP contribution in [0.15, 0.2) is 0 Å². The van der Waals surface area contributed by atoms with Gasteiger partial charge in [-0.2, -0.15) is 0 Å². The van der Waals surface area contributed by atoms with Gasteiger partial charge in [-0.3, -0.25) is 0 Å². The molecule has 0 amide bonds. The standard InChI is InChI=1S/2C18H36O2.Li.Zn/c2*1-2-3-4-5-6-7-8-9-10-11-12-13-14-15-16-17-18(19)20;;/h2*2-17H2,1H3,(H,19,20);;/q;;+1;+2/p-2. The summed E-state index contributed by atoms with van der Waals surface area (Å²) in [6.45, 7) is 4.53. The summed E-state index contributed by atoms with van der Waals surface area (Å²) in [6, 6.07) is 0. The average Bonchev–Trinajstić information content (AvgIpc) is 2.93. The van der Waals surface area contributed by atoms with Crippen molar-refractivity contribution in [1.29, 1.82) is 0 Å². The van der Waals surface area contributed by atoms with Crippen molar-refractivity contribution in [3.05, 3.63) is 0 Å². The second-order valence-electron chi connectivity index (χ2n) is 12.1. The quantitative estimate of drug-likeness (QED) is 0.0587. The first kappa shape index (κ1) is 49.1. The predicted octanol–water partition coefficient (Wildman–Crippen LogP) is 7.00. The van der Waals surface area contributed by atoms with E-state index in [2.05, 4.69) is 13.8 Å². The van der Waals surface area contributed by atoms with Gasteiger partial charge in [0.2, 0.25) is 0 Å². The van der Waals surface area contributed by atoms with Crippen molar-refractivity contribution in [2.45, 2.75) is 219 Å². The molecule has 0 unspecified atom stereocenters. The van der Waals surface area contributed by atoms with Gasteiger partial charge < -0.3 is 19.8 Å². The summed E-state index contributed by atoms with van der Waals surface area (Å²) in [5, 5.41) is 20.4. The van der Waals surface area contributed by atoms with Gasteiger partial charge in [-0.25, -0.2) is 0 Å². The first-order chi connectivity index (χ1) is 19.5. The Morgan fingerprint density at radius 1 is 0.333 bits per heavy atom. The summed E-state index contributed by atoms with van der Waals surface area (Å²) in [5.41, 5.74) is 0. The van der Waals surface area contributed by atoms with Crippen LogP contribution in [-0.2, 0) is 29.1 Å². The van der Waals surface area contributed by atoms with E-state index in [-0.39, 0.29) is 51.2 Å². The zero-order valence-corrected chi connectivity index (χ0v) is 31.9. The fraction of sp³-hybridized carbons (Fsp3) is 0.944. The van der Waals surface area contributed by atoms with Gasteiger partial charge >= 0.3 is 38.3 Å². The summed E-state index contributed by atoms with van der Waals surface area (Å²) < 4.78 is 0. The van der Waals surface area contributed by atoms with Crippen molar-refractivity contribution in [3.63, 3.8) is 0 Å². The molecular weight excluding hydrogens is 569 g/mol. The number of carboxylic acids is 2. The maximum Gasteiger partial charge on any atom is 2.00 e. The molecule has 42 heavy (non-hydrogen) atoms. The topological polar surface area (TPSA) is 80.3 Å². The van der Waals surface area contributed by atoms with E-state index in [1.165, 1.54) is 167 Å². The van der Waals surface area contributed by atoms with Crippen LogP contribution in [0, 0.1) is 0 Å². The van der Waals surface area contributed by atoms with Crippen LogP contribution in [0.3, 0.4) is 0 Å². The molecule has 0 fully saturated rings. The van der Waals surface area contributed by atoms with Crippen molar-refractivity contribution in [1.82, 2.24) is 0 Å². The summed E-state index contributed by atoms with van der Waals surface area (Å²) >= 11 is 0. The number of carbonyl (C=O) groups is 2. The fourth-order valence-electron chi connectivity index (χ4n) is 5.28. The van der Waals surface area contributed by atoms with Crippen molar-refractivity contribution in [2.75, 3.05) is 0 Å². The maximum atomic E-state index is 10.2. The molecule has 0 aliphatic rings. The van der Waals surface area contributed by atoms with Crippen molar-refractivity contribution < 1.29 is 58.1 Å². The Morgan fingerprint density at radius 2 is 0.476 bits per heavy atom. The van der Waals surface area contributed by atoms with Gasteiger partial charge in [0.15, 0.2) is 0 Å². The Balaban J connectivity index is -0.000000328. The van der Waals surface area contributed by atoms with E-state index in [0.29, 0.717) is 0 Å². The van der Waals surface area contributed by atoms with Crippen molar-refractivity contribution >= 4 is 11.9 Å². The molecule has 0 bridgehead atoms.